The molecule has 1 saturated heterocycles. The first-order valence-electron chi connectivity index (χ1n) is 10.7. The van der Waals surface area contributed by atoms with Gasteiger partial charge in [0.05, 0.1) is 31.3 Å². The molecule has 31 heavy (non-hydrogen) atoms. The number of morpholine rings is 1. The number of hydrogen-bond donors (Lipinski definition) is 1. The molecular formula is C22H28N6O2S. The maximum atomic E-state index is 12.5. The van der Waals surface area contributed by atoms with Crippen LogP contribution >= 0.6 is 11.8 Å². The molecule has 1 aliphatic rings. The molecule has 1 amide bonds. The molecular weight excluding hydrogens is 412 g/mol. The summed E-state index contributed by atoms with van der Waals surface area (Å²) in [6, 6.07) is 7.59. The zero-order valence-electron chi connectivity index (χ0n) is 18.0. The Morgan fingerprint density at radius 1 is 1.23 bits per heavy atom. The molecule has 0 spiro atoms. The number of fused-ring (bicyclic) bond motifs is 1. The zero-order chi connectivity index (χ0) is 21.6. The Balaban J connectivity index is 1.53. The quantitative estimate of drug-likeness (QED) is 0.426. The second-order valence-electron chi connectivity index (χ2n) is 7.45. The number of hydrogen-bond acceptors (Lipinski definition) is 7. The van der Waals surface area contributed by atoms with Gasteiger partial charge in [-0.25, -0.2) is 14.6 Å². The van der Waals surface area contributed by atoms with E-state index < -0.39 is 0 Å². The maximum absolute atomic E-state index is 12.5. The van der Waals surface area contributed by atoms with Gasteiger partial charge in [-0.1, -0.05) is 36.9 Å². The van der Waals surface area contributed by atoms with Gasteiger partial charge in [-0.15, -0.1) is 0 Å². The van der Waals surface area contributed by atoms with Crippen molar-refractivity contribution in [2.75, 3.05) is 43.5 Å². The predicted octanol–water partition coefficient (Wildman–Crippen LogP) is 2.90. The van der Waals surface area contributed by atoms with Gasteiger partial charge in [0, 0.05) is 31.0 Å². The lowest BCUT2D eigenvalue weighted by molar-refractivity contribution is 0.0951. The van der Waals surface area contributed by atoms with Gasteiger partial charge in [0.25, 0.3) is 5.91 Å². The summed E-state index contributed by atoms with van der Waals surface area (Å²) in [7, 11) is 0. The van der Waals surface area contributed by atoms with Gasteiger partial charge in [0.1, 0.15) is 5.82 Å². The number of benzene rings is 1. The fourth-order valence-corrected chi connectivity index (χ4v) is 4.25. The Labute approximate surface area is 186 Å². The Kier molecular flexibility index (Phi) is 7.03. The molecule has 0 unspecified atom stereocenters. The third-order valence-corrected chi connectivity index (χ3v) is 6.25. The summed E-state index contributed by atoms with van der Waals surface area (Å²) in [6.45, 7) is 8.11. The second-order valence-corrected chi connectivity index (χ2v) is 8.52. The van der Waals surface area contributed by atoms with Crippen molar-refractivity contribution in [2.45, 2.75) is 32.0 Å². The number of thioether (sulfide) groups is 1. The van der Waals surface area contributed by atoms with Gasteiger partial charge in [-0.3, -0.25) is 4.79 Å². The van der Waals surface area contributed by atoms with Gasteiger partial charge >= 0.3 is 0 Å². The standard InChI is InChI=1S/C22H28N6O2S/c1-3-14-31-22-25-19(27-10-12-30-13-11-27)18-15-24-28(20(18)26-22)9-8-23-21(29)17-7-5-4-6-16(17)2/h4-7,15H,3,8-14H2,1-2H3,(H,23,29). The molecule has 0 aliphatic carbocycles. The van der Waals surface area contributed by atoms with Gasteiger partial charge in [-0.2, -0.15) is 5.10 Å². The minimum Gasteiger partial charge on any atom is -0.378 e. The Bertz CT molecular complexity index is 1050. The Morgan fingerprint density at radius 3 is 2.81 bits per heavy atom. The molecule has 9 heteroatoms. The first-order valence-corrected chi connectivity index (χ1v) is 11.7. The Morgan fingerprint density at radius 2 is 2.03 bits per heavy atom. The Hall–Kier alpha value is -2.65. The highest BCUT2D eigenvalue weighted by atomic mass is 32.2. The van der Waals surface area contributed by atoms with Gasteiger partial charge < -0.3 is 15.0 Å². The largest absolute Gasteiger partial charge is 0.378 e. The first-order chi connectivity index (χ1) is 15.2. The molecule has 2 aromatic heterocycles. The molecule has 1 fully saturated rings. The summed E-state index contributed by atoms with van der Waals surface area (Å²) < 4.78 is 7.36. The monoisotopic (exact) mass is 440 g/mol. The number of carbonyl (C=O) groups is 1. The van der Waals surface area contributed by atoms with Crippen molar-refractivity contribution in [2.24, 2.45) is 0 Å². The smallest absolute Gasteiger partial charge is 0.251 e. The number of anilines is 1. The van der Waals surface area contributed by atoms with Gasteiger partial charge in [0.15, 0.2) is 10.8 Å². The lowest BCUT2D eigenvalue weighted by atomic mass is 10.1. The molecule has 1 aliphatic heterocycles. The number of nitrogens with one attached hydrogen (secondary N) is 1. The van der Waals surface area contributed by atoms with E-state index in [9.17, 15) is 4.79 Å². The van der Waals surface area contributed by atoms with Crippen molar-refractivity contribution in [1.82, 2.24) is 25.1 Å². The zero-order valence-corrected chi connectivity index (χ0v) is 18.8. The molecule has 1 N–H and O–H groups in total. The average Bonchev–Trinajstić information content (AvgIpc) is 3.21. The van der Waals surface area contributed by atoms with Crippen molar-refractivity contribution in [3.63, 3.8) is 0 Å². The molecule has 164 valence electrons. The minimum atomic E-state index is -0.0719. The van der Waals surface area contributed by atoms with E-state index in [0.29, 0.717) is 31.9 Å². The number of carbonyl (C=O) groups excluding carboxylic acids is 1. The van der Waals surface area contributed by atoms with E-state index >= 15 is 0 Å². The maximum Gasteiger partial charge on any atom is 0.251 e. The van der Waals surface area contributed by atoms with E-state index in [-0.39, 0.29) is 5.91 Å². The SMILES string of the molecule is CCCSc1nc(N2CCOCC2)c2cnn(CCNC(=O)c3ccccc3C)c2n1. The van der Waals surface area contributed by atoms with Crippen LogP contribution < -0.4 is 10.2 Å². The van der Waals surface area contributed by atoms with Crippen LogP contribution in [0.2, 0.25) is 0 Å². The fourth-order valence-electron chi connectivity index (χ4n) is 3.56. The lowest BCUT2D eigenvalue weighted by Gasteiger charge is -2.28. The van der Waals surface area contributed by atoms with E-state index in [0.717, 1.165) is 52.8 Å². The minimum absolute atomic E-state index is 0.0719. The van der Waals surface area contributed by atoms with E-state index in [1.165, 1.54) is 0 Å². The van der Waals surface area contributed by atoms with Crippen LogP contribution in [0.25, 0.3) is 11.0 Å². The highest BCUT2D eigenvalue weighted by Gasteiger charge is 2.20. The lowest BCUT2D eigenvalue weighted by Crippen LogP contribution is -2.37. The number of rotatable bonds is 8. The van der Waals surface area contributed by atoms with Crippen LogP contribution in [0.1, 0.15) is 29.3 Å². The molecule has 3 heterocycles. The average molecular weight is 441 g/mol. The first kappa shape index (κ1) is 21.6. The molecule has 1 aromatic carbocycles. The number of aryl methyl sites for hydroxylation is 1. The van der Waals surface area contributed by atoms with E-state index in [2.05, 4.69) is 22.2 Å². The molecule has 3 aromatic rings. The molecule has 4 rings (SSSR count). The van der Waals surface area contributed by atoms with Crippen molar-refractivity contribution in [1.29, 1.82) is 0 Å². The third kappa shape index (κ3) is 4.99. The number of ether oxygens (including phenoxy) is 1. The predicted molar refractivity (Wildman–Crippen MR) is 123 cm³/mol. The molecule has 0 atom stereocenters. The highest BCUT2D eigenvalue weighted by molar-refractivity contribution is 7.99. The van der Waals surface area contributed by atoms with Crippen LogP contribution in [-0.4, -0.2) is 64.3 Å². The van der Waals surface area contributed by atoms with Gasteiger partial charge in [0.2, 0.25) is 0 Å². The normalized spacial score (nSPS) is 14.2. The van der Waals surface area contributed by atoms with Crippen molar-refractivity contribution in [3.8, 4) is 0 Å². The van der Waals surface area contributed by atoms with E-state index in [1.54, 1.807) is 11.8 Å². The highest BCUT2D eigenvalue weighted by Crippen LogP contribution is 2.28. The number of nitrogens with zero attached hydrogens (tertiary/aromatic N) is 5. The van der Waals surface area contributed by atoms with Crippen LogP contribution in [0.15, 0.2) is 35.6 Å². The topological polar surface area (TPSA) is 85.2 Å². The van der Waals surface area contributed by atoms with Crippen LogP contribution in [0.5, 0.6) is 0 Å². The summed E-state index contributed by atoms with van der Waals surface area (Å²) in [5.74, 6) is 1.81. The van der Waals surface area contributed by atoms with Crippen LogP contribution in [-0.2, 0) is 11.3 Å². The van der Waals surface area contributed by atoms with Crippen molar-refractivity contribution >= 4 is 34.5 Å². The summed E-state index contributed by atoms with van der Waals surface area (Å²) in [4.78, 5) is 24.4. The van der Waals surface area contributed by atoms with Crippen molar-refractivity contribution < 1.29 is 9.53 Å². The van der Waals surface area contributed by atoms with E-state index in [1.807, 2.05) is 42.1 Å². The second kappa shape index (κ2) is 10.1. The molecule has 0 bridgehead atoms. The van der Waals surface area contributed by atoms with E-state index in [4.69, 9.17) is 14.7 Å². The molecule has 8 nitrogen and oxygen atoms in total. The number of amides is 1. The summed E-state index contributed by atoms with van der Waals surface area (Å²) in [6.07, 6.45) is 2.89. The van der Waals surface area contributed by atoms with Crippen molar-refractivity contribution in [3.05, 3.63) is 41.6 Å². The van der Waals surface area contributed by atoms with Crippen LogP contribution in [0, 0.1) is 6.92 Å². The summed E-state index contributed by atoms with van der Waals surface area (Å²) >= 11 is 1.66. The number of aromatic nitrogens is 4. The van der Waals surface area contributed by atoms with Crippen LogP contribution in [0.4, 0.5) is 5.82 Å². The molecule has 0 saturated carbocycles. The molecule has 0 radical (unpaired) electrons. The summed E-state index contributed by atoms with van der Waals surface area (Å²) in [5.41, 5.74) is 2.47. The summed E-state index contributed by atoms with van der Waals surface area (Å²) in [5, 5.41) is 9.25. The van der Waals surface area contributed by atoms with Crippen LogP contribution in [0.3, 0.4) is 0 Å². The van der Waals surface area contributed by atoms with Gasteiger partial charge in [-0.05, 0) is 25.0 Å². The third-order valence-electron chi connectivity index (χ3n) is 5.20. The fraction of sp³-hybridized carbons (Fsp3) is 0.455.